The van der Waals surface area contributed by atoms with Gasteiger partial charge in [-0.3, -0.25) is 0 Å². The van der Waals surface area contributed by atoms with E-state index < -0.39 is 96.2 Å². The first-order valence-corrected chi connectivity index (χ1v) is 53.0. The lowest BCUT2D eigenvalue weighted by Gasteiger charge is -2.64. The van der Waals surface area contributed by atoms with Crippen molar-refractivity contribution in [1.82, 2.24) is 15.6 Å². The van der Waals surface area contributed by atoms with Gasteiger partial charge in [0.05, 0.1) is 0 Å². The summed E-state index contributed by atoms with van der Waals surface area (Å²) in [6.07, 6.45) is 0. The van der Waals surface area contributed by atoms with Crippen LogP contribution in [0.25, 0.3) is 0 Å². The van der Waals surface area contributed by atoms with Crippen LogP contribution in [0.5, 0.6) is 0 Å². The van der Waals surface area contributed by atoms with Crippen molar-refractivity contribution in [2.24, 2.45) is 0 Å². The van der Waals surface area contributed by atoms with E-state index in [9.17, 15) is 0 Å². The molecule has 1 aliphatic rings. The van der Waals surface area contributed by atoms with Crippen LogP contribution >= 0.6 is 0 Å². The molecule has 1 heterocycles. The normalized spacial score (nSPS) is 16.8. The minimum Gasteiger partial charge on any atom is -0.463 e. The van der Waals surface area contributed by atoms with Gasteiger partial charge in [0, 0.05) is 0 Å². The molecule has 1 aliphatic heterocycles. The van der Waals surface area contributed by atoms with E-state index in [4.69, 9.17) is 0 Å². The molecule has 1 rings (SSSR count). The molecule has 0 amide bonds. The third-order valence-corrected chi connectivity index (χ3v) is 107. The third kappa shape index (κ3) is 8.96. The highest BCUT2D eigenvalue weighted by atomic mass is 29.9. The molecule has 0 spiro atoms. The largest absolute Gasteiger partial charge is 0.463 e. The minimum absolute atomic E-state index is 0.618. The molecule has 236 valence electrons. The summed E-state index contributed by atoms with van der Waals surface area (Å²) in [6.45, 7) is 65.7. The van der Waals surface area contributed by atoms with Crippen molar-refractivity contribution in [2.45, 2.75) is 157 Å². The lowest BCUT2D eigenvalue weighted by Crippen LogP contribution is -2.88. The summed E-state index contributed by atoms with van der Waals surface area (Å²) in [4.78, 5) is 0. The first-order chi connectivity index (χ1) is 17.0. The van der Waals surface area contributed by atoms with Crippen LogP contribution in [0.4, 0.5) is 0 Å². The molecule has 0 radical (unpaired) electrons. The maximum Gasteiger partial charge on any atom is 0.133 e. The van der Waals surface area contributed by atoms with Crippen LogP contribution in [0, 0.1) is 0 Å². The predicted molar refractivity (Wildman–Crippen MR) is 217 cm³/mol. The van der Waals surface area contributed by atoms with Crippen molar-refractivity contribution in [2.75, 3.05) is 0 Å². The van der Waals surface area contributed by atoms with Gasteiger partial charge in [-0.05, 0) is 0 Å². The van der Waals surface area contributed by atoms with Gasteiger partial charge in [0.1, 0.15) is 96.2 Å². The Morgan fingerprint density at radius 1 is 0.200 bits per heavy atom. The van der Waals surface area contributed by atoms with E-state index in [1.165, 1.54) is 0 Å². The van der Waals surface area contributed by atoms with Crippen molar-refractivity contribution in [3.05, 3.63) is 0 Å². The fraction of sp³-hybridized carbons (Fsp3) is 1.00. The summed E-state index contributed by atoms with van der Waals surface area (Å²) in [5.74, 6) is 0. The number of rotatable bonds is 12. The van der Waals surface area contributed by atoms with Gasteiger partial charge < -0.3 is 15.6 Å². The Bertz CT molecular complexity index is 773. The van der Waals surface area contributed by atoms with E-state index in [0.717, 1.165) is 0 Å². The van der Waals surface area contributed by atoms with Gasteiger partial charge in [-0.15, -0.1) is 0 Å². The third-order valence-electron chi connectivity index (χ3n) is 7.16. The number of hydrogen-bond donors (Lipinski definition) is 0. The second-order valence-electron chi connectivity index (χ2n) is 20.1. The molecule has 0 atom stereocenters. The summed E-state index contributed by atoms with van der Waals surface area (Å²) in [5.41, 5.74) is 0. The smallest absolute Gasteiger partial charge is 0.133 e. The van der Waals surface area contributed by atoms with Crippen LogP contribution < -0.4 is 0 Å². The molecule has 0 unspecified atom stereocenters. The van der Waals surface area contributed by atoms with Gasteiger partial charge in [0.2, 0.25) is 0 Å². The summed E-state index contributed by atoms with van der Waals surface area (Å²) in [7, 11) is -14.5. The van der Waals surface area contributed by atoms with E-state index in [2.05, 4.69) is 173 Å². The molecule has 0 fully saturated rings. The Morgan fingerprint density at radius 2 is 0.275 bits per heavy atom. The molecule has 0 bridgehead atoms. The summed E-state index contributed by atoms with van der Waals surface area (Å²) >= 11 is 0. The number of hydrogen-bond acceptors (Lipinski definition) is 4. The van der Waals surface area contributed by atoms with E-state index in [-0.39, 0.29) is 0 Å². The molecule has 4 nitrogen and oxygen atoms in total. The van der Waals surface area contributed by atoms with Crippen LogP contribution in [0.15, 0.2) is 0 Å². The highest BCUT2D eigenvalue weighted by Crippen LogP contribution is 2.33. The van der Waals surface area contributed by atoms with Crippen LogP contribution in [0.3, 0.4) is 0 Å². The minimum atomic E-state index is -1.50. The SMILES string of the molecule is C[Si](C)(C)N([Si]1=[Si](N([Si](C)(C)C)[Si](C)(C)C)[Si](N([Si](C)(C)C)[Si](C)(C)C)=[Si]1N([Si](C)(C)C)[Si](C)(C)C)[Si](C)(C)C. The topological polar surface area (TPSA) is 13.0 Å². The lowest BCUT2D eigenvalue weighted by molar-refractivity contribution is 0.896. The van der Waals surface area contributed by atoms with Gasteiger partial charge in [-0.2, -0.15) is 0 Å². The molecule has 0 saturated carbocycles. The molecule has 0 aliphatic carbocycles. The highest BCUT2D eigenvalue weighted by molar-refractivity contribution is 7.70. The first-order valence-electron chi connectivity index (χ1n) is 15.7. The monoisotopic (exact) mass is 752 g/mol. The van der Waals surface area contributed by atoms with Gasteiger partial charge in [0.15, 0.2) is 0 Å². The zero-order chi connectivity index (χ0) is 32.6. The fourth-order valence-electron chi connectivity index (χ4n) is 7.94. The van der Waals surface area contributed by atoms with Gasteiger partial charge in [0.25, 0.3) is 0 Å². The Balaban J connectivity index is 4.74. The maximum atomic E-state index is 3.51. The molecular formula is C24H72N4Si12. The van der Waals surface area contributed by atoms with Crippen LogP contribution in [-0.2, 0) is 0 Å². The van der Waals surface area contributed by atoms with E-state index >= 15 is 0 Å². The molecular weight excluding hydrogens is 681 g/mol. The second kappa shape index (κ2) is 11.9. The standard InChI is InChI=1S/C24H72N4Si12/c1-33(2,3)25(34(4,5)6)29-30(26(35(7,8)9)36(10,11)12)32(28(39(19,20)21)40(22,23)24)31(29)27(37(13,14)15)38(16,17)18/h1-24H3. The van der Waals surface area contributed by atoms with Crippen molar-refractivity contribution in [1.29, 1.82) is 0 Å². The second-order valence-corrected chi connectivity index (χ2v) is 85.7. The quantitative estimate of drug-likeness (QED) is 0.187. The van der Waals surface area contributed by atoms with Crippen molar-refractivity contribution >= 4 is 96.2 Å². The van der Waals surface area contributed by atoms with E-state index in [1.54, 1.807) is 0 Å². The average Bonchev–Trinajstić information content (AvgIpc) is 2.52. The molecule has 0 aromatic rings. The fourth-order valence-corrected chi connectivity index (χ4v) is 182. The Kier molecular flexibility index (Phi) is 11.8. The maximum absolute atomic E-state index is 3.51. The summed E-state index contributed by atoms with van der Waals surface area (Å²) < 4.78 is 14.0. The Morgan fingerprint density at radius 3 is 0.325 bits per heavy atom. The molecule has 0 aromatic heterocycles. The summed E-state index contributed by atoms with van der Waals surface area (Å²) in [6, 6.07) is 0. The number of nitrogens with zero attached hydrogens (tertiary/aromatic N) is 4. The van der Waals surface area contributed by atoms with Crippen LogP contribution in [-0.4, -0.2) is 112 Å². The Labute approximate surface area is 267 Å². The Hall–Kier alpha value is 1.80. The van der Waals surface area contributed by atoms with Gasteiger partial charge in [-0.1, -0.05) is 157 Å². The lowest BCUT2D eigenvalue weighted by atomic mass is 11.8. The van der Waals surface area contributed by atoms with Crippen LogP contribution in [0.1, 0.15) is 0 Å². The van der Waals surface area contributed by atoms with E-state index in [1.807, 2.05) is 0 Å². The molecule has 0 N–H and O–H groups in total. The molecule has 0 saturated heterocycles. The predicted octanol–water partition coefficient (Wildman–Crippen LogP) is 8.17. The van der Waals surface area contributed by atoms with Crippen LogP contribution in [0.2, 0.25) is 157 Å². The van der Waals surface area contributed by atoms with Crippen molar-refractivity contribution in [3.63, 3.8) is 0 Å². The summed E-state index contributed by atoms with van der Waals surface area (Å²) in [5, 5.41) is 0. The zero-order valence-electron chi connectivity index (χ0n) is 31.8. The molecule has 40 heavy (non-hydrogen) atoms. The van der Waals surface area contributed by atoms with Crippen molar-refractivity contribution < 1.29 is 0 Å². The van der Waals surface area contributed by atoms with Crippen molar-refractivity contribution in [3.8, 4) is 0 Å². The van der Waals surface area contributed by atoms with E-state index in [0.29, 0.717) is 0 Å². The van der Waals surface area contributed by atoms with Gasteiger partial charge >= 0.3 is 0 Å². The molecule has 0 aromatic carbocycles. The molecule has 16 heteroatoms. The average molecular weight is 754 g/mol. The highest BCUT2D eigenvalue weighted by Gasteiger charge is 2.57. The van der Waals surface area contributed by atoms with Gasteiger partial charge in [-0.25, -0.2) is 0 Å². The first kappa shape index (κ1) is 39.8. The zero-order valence-corrected chi connectivity index (χ0v) is 43.8.